The van der Waals surface area contributed by atoms with Crippen molar-refractivity contribution in [3.8, 4) is 0 Å². The van der Waals surface area contributed by atoms with Crippen LogP contribution >= 0.6 is 0 Å². The van der Waals surface area contributed by atoms with Crippen LogP contribution in [0, 0.1) is 5.92 Å². The summed E-state index contributed by atoms with van der Waals surface area (Å²) in [6, 6.07) is 10.0. The van der Waals surface area contributed by atoms with Gasteiger partial charge in [0.25, 0.3) is 0 Å². The number of likely N-dealkylation sites (tertiary alicyclic amines) is 2. The third kappa shape index (κ3) is 4.58. The highest BCUT2D eigenvalue weighted by Crippen LogP contribution is 2.26. The summed E-state index contributed by atoms with van der Waals surface area (Å²) in [5.41, 5.74) is 2.12. The molecule has 2 saturated heterocycles. The quantitative estimate of drug-likeness (QED) is 0.815. The summed E-state index contributed by atoms with van der Waals surface area (Å²) in [6.45, 7) is 2.46. The van der Waals surface area contributed by atoms with E-state index in [4.69, 9.17) is 0 Å². The third-order valence-electron chi connectivity index (χ3n) is 6.22. The molecule has 0 unspecified atom stereocenters. The maximum Gasteiger partial charge on any atom is 0.222 e. The summed E-state index contributed by atoms with van der Waals surface area (Å²) < 4.78 is 0. The number of hydrogen-bond acceptors (Lipinski definition) is 4. The minimum Gasteiger partial charge on any atom is -0.391 e. The van der Waals surface area contributed by atoms with E-state index < -0.39 is 6.10 Å². The number of rotatable bonds is 6. The van der Waals surface area contributed by atoms with Gasteiger partial charge in [0, 0.05) is 56.5 Å². The maximum absolute atomic E-state index is 12.6. The minimum absolute atomic E-state index is 0.0356. The molecule has 0 spiro atoms. The Hall–Kier alpha value is -2.47. The molecule has 1 aromatic carbocycles. The predicted molar refractivity (Wildman–Crippen MR) is 111 cm³/mol. The summed E-state index contributed by atoms with van der Waals surface area (Å²) in [4.78, 5) is 32.6. The number of β-amino-alcohol motifs (C(OH)–C–C–N with tert-alkyl or cyclic N) is 1. The normalized spacial score (nSPS) is 22.4. The van der Waals surface area contributed by atoms with E-state index in [2.05, 4.69) is 11.1 Å². The number of carbonyl (C=O) groups is 2. The molecule has 2 aromatic rings. The Balaban J connectivity index is 1.31. The summed E-state index contributed by atoms with van der Waals surface area (Å²) in [6.07, 6.45) is 5.84. The van der Waals surface area contributed by atoms with Crippen molar-refractivity contribution in [2.75, 3.05) is 26.2 Å². The van der Waals surface area contributed by atoms with E-state index in [9.17, 15) is 14.7 Å². The van der Waals surface area contributed by atoms with Crippen molar-refractivity contribution in [3.63, 3.8) is 0 Å². The van der Waals surface area contributed by atoms with Gasteiger partial charge < -0.3 is 14.9 Å². The van der Waals surface area contributed by atoms with Gasteiger partial charge in [0.1, 0.15) is 0 Å². The highest BCUT2D eigenvalue weighted by Gasteiger charge is 2.34. The Bertz CT molecular complexity index is 879. The van der Waals surface area contributed by atoms with E-state index in [0.717, 1.165) is 42.3 Å². The molecule has 2 fully saturated rings. The number of para-hydroxylation sites is 1. The van der Waals surface area contributed by atoms with Crippen molar-refractivity contribution in [1.82, 2.24) is 14.8 Å². The van der Waals surface area contributed by atoms with Crippen molar-refractivity contribution in [3.05, 3.63) is 42.1 Å². The van der Waals surface area contributed by atoms with Gasteiger partial charge in [-0.25, -0.2) is 0 Å². The zero-order valence-corrected chi connectivity index (χ0v) is 16.8. The number of aromatic nitrogens is 1. The molecule has 154 valence electrons. The van der Waals surface area contributed by atoms with E-state index in [-0.39, 0.29) is 17.7 Å². The fourth-order valence-corrected chi connectivity index (χ4v) is 4.55. The second kappa shape index (κ2) is 8.91. The van der Waals surface area contributed by atoms with Gasteiger partial charge in [-0.15, -0.1) is 0 Å². The summed E-state index contributed by atoms with van der Waals surface area (Å²) in [7, 11) is 0. The second-order valence-electron chi connectivity index (χ2n) is 8.26. The van der Waals surface area contributed by atoms with Gasteiger partial charge in [0.2, 0.25) is 11.8 Å². The third-order valence-corrected chi connectivity index (χ3v) is 6.22. The van der Waals surface area contributed by atoms with Crippen LogP contribution in [-0.2, 0) is 16.0 Å². The first-order valence-electron chi connectivity index (χ1n) is 10.7. The number of fused-ring (bicyclic) bond motifs is 1. The molecule has 2 aliphatic heterocycles. The predicted octanol–water partition coefficient (Wildman–Crippen LogP) is 2.39. The van der Waals surface area contributed by atoms with Crippen molar-refractivity contribution in [1.29, 1.82) is 0 Å². The molecule has 0 bridgehead atoms. The fraction of sp³-hybridized carbons (Fsp3) is 0.522. The first kappa shape index (κ1) is 19.8. The van der Waals surface area contributed by atoms with Gasteiger partial charge >= 0.3 is 0 Å². The first-order chi connectivity index (χ1) is 14.1. The lowest BCUT2D eigenvalue weighted by Gasteiger charge is -2.26. The SMILES string of the molecule is O=C1CCCCN1CCCC(=O)N1C[C@@H](Cc2ccnc3ccccc23)[C@H](O)C1. The molecule has 29 heavy (non-hydrogen) atoms. The number of pyridine rings is 1. The number of aliphatic hydroxyl groups excluding tert-OH is 1. The summed E-state index contributed by atoms with van der Waals surface area (Å²) >= 11 is 0. The van der Waals surface area contributed by atoms with Gasteiger partial charge in [-0.2, -0.15) is 0 Å². The summed E-state index contributed by atoms with van der Waals surface area (Å²) in [5, 5.41) is 11.7. The molecule has 1 aromatic heterocycles. The lowest BCUT2D eigenvalue weighted by atomic mass is 9.94. The summed E-state index contributed by atoms with van der Waals surface area (Å²) in [5.74, 6) is 0.328. The van der Waals surface area contributed by atoms with Gasteiger partial charge in [0.15, 0.2) is 0 Å². The Morgan fingerprint density at radius 2 is 2.03 bits per heavy atom. The van der Waals surface area contributed by atoms with E-state index >= 15 is 0 Å². The molecule has 2 aliphatic rings. The van der Waals surface area contributed by atoms with E-state index in [1.54, 1.807) is 4.90 Å². The molecule has 6 heteroatoms. The number of aliphatic hydroxyl groups is 1. The van der Waals surface area contributed by atoms with Crippen LogP contribution in [0.25, 0.3) is 10.9 Å². The smallest absolute Gasteiger partial charge is 0.222 e. The molecule has 6 nitrogen and oxygen atoms in total. The molecule has 2 amide bonds. The molecule has 0 radical (unpaired) electrons. The monoisotopic (exact) mass is 395 g/mol. The average molecular weight is 396 g/mol. The van der Waals surface area contributed by atoms with Crippen LogP contribution < -0.4 is 0 Å². The highest BCUT2D eigenvalue weighted by molar-refractivity contribution is 5.82. The van der Waals surface area contributed by atoms with Crippen molar-refractivity contribution in [2.45, 2.75) is 44.6 Å². The van der Waals surface area contributed by atoms with E-state index in [1.807, 2.05) is 35.4 Å². The van der Waals surface area contributed by atoms with Crippen LogP contribution in [-0.4, -0.2) is 64.0 Å². The molecule has 1 N–H and O–H groups in total. The van der Waals surface area contributed by atoms with Crippen molar-refractivity contribution in [2.24, 2.45) is 5.92 Å². The maximum atomic E-state index is 12.6. The average Bonchev–Trinajstić information content (AvgIpc) is 3.10. The van der Waals surface area contributed by atoms with Crippen LogP contribution in [0.5, 0.6) is 0 Å². The Morgan fingerprint density at radius 3 is 2.90 bits per heavy atom. The number of amides is 2. The standard InChI is InChI=1S/C23H29N3O3/c27-21-16-26(23(29)9-5-13-25-12-4-3-8-22(25)28)15-18(21)14-17-10-11-24-20-7-2-1-6-19(17)20/h1-2,6-7,10-11,18,21,27H,3-5,8-9,12-16H2/t18-,21-/m1/s1. The number of hydrogen-bond donors (Lipinski definition) is 1. The van der Waals surface area contributed by atoms with Gasteiger partial charge in [-0.05, 0) is 43.4 Å². The van der Waals surface area contributed by atoms with Crippen molar-refractivity contribution < 1.29 is 14.7 Å². The zero-order chi connectivity index (χ0) is 20.2. The molecule has 4 rings (SSSR count). The Kier molecular flexibility index (Phi) is 6.09. The molecular formula is C23H29N3O3. The number of benzene rings is 1. The van der Waals surface area contributed by atoms with Crippen LogP contribution in [0.15, 0.2) is 36.5 Å². The van der Waals surface area contributed by atoms with Crippen LogP contribution in [0.4, 0.5) is 0 Å². The molecule has 2 atom stereocenters. The zero-order valence-electron chi connectivity index (χ0n) is 16.8. The van der Waals surface area contributed by atoms with Gasteiger partial charge in [-0.1, -0.05) is 18.2 Å². The Labute approximate surface area is 171 Å². The van der Waals surface area contributed by atoms with Gasteiger partial charge in [-0.3, -0.25) is 14.6 Å². The topological polar surface area (TPSA) is 73.7 Å². The fourth-order valence-electron chi connectivity index (χ4n) is 4.55. The van der Waals surface area contributed by atoms with Crippen LogP contribution in [0.3, 0.4) is 0 Å². The van der Waals surface area contributed by atoms with Gasteiger partial charge in [0.05, 0.1) is 11.6 Å². The number of carbonyl (C=O) groups excluding carboxylic acids is 2. The lowest BCUT2D eigenvalue weighted by Crippen LogP contribution is -2.37. The van der Waals surface area contributed by atoms with Crippen LogP contribution in [0.1, 0.15) is 37.7 Å². The first-order valence-corrected chi connectivity index (χ1v) is 10.7. The van der Waals surface area contributed by atoms with E-state index in [0.29, 0.717) is 38.9 Å². The Morgan fingerprint density at radius 1 is 1.17 bits per heavy atom. The highest BCUT2D eigenvalue weighted by atomic mass is 16.3. The lowest BCUT2D eigenvalue weighted by molar-refractivity contribution is -0.135. The molecule has 3 heterocycles. The molecule has 0 aliphatic carbocycles. The number of piperidine rings is 1. The van der Waals surface area contributed by atoms with Crippen LogP contribution in [0.2, 0.25) is 0 Å². The van der Waals surface area contributed by atoms with Crippen molar-refractivity contribution >= 4 is 22.7 Å². The minimum atomic E-state index is -0.505. The molecular weight excluding hydrogens is 366 g/mol. The molecule has 0 saturated carbocycles. The second-order valence-corrected chi connectivity index (χ2v) is 8.26. The van der Waals surface area contributed by atoms with E-state index in [1.165, 1.54) is 0 Å². The largest absolute Gasteiger partial charge is 0.391 e. The number of nitrogens with zero attached hydrogens (tertiary/aromatic N) is 3.